The van der Waals surface area contributed by atoms with E-state index in [4.69, 9.17) is 15.6 Å². The predicted molar refractivity (Wildman–Crippen MR) is 187 cm³/mol. The van der Waals surface area contributed by atoms with Crippen molar-refractivity contribution in [3.05, 3.63) is 72.3 Å². The number of hydrogen-bond donors (Lipinski definition) is 1. The van der Waals surface area contributed by atoms with Crippen molar-refractivity contribution < 1.29 is 13.9 Å². The van der Waals surface area contributed by atoms with Crippen LogP contribution in [0.1, 0.15) is 40.5 Å². The maximum Gasteiger partial charge on any atom is 0.264 e. The highest BCUT2D eigenvalue weighted by Gasteiger charge is 2.34. The van der Waals surface area contributed by atoms with Gasteiger partial charge in [0, 0.05) is 56.9 Å². The third-order valence-corrected chi connectivity index (χ3v) is 9.41. The fraction of sp³-hybridized carbons (Fsp3) is 0.432. The maximum atomic E-state index is 15.6. The number of nitrogen functional groups attached to an aromatic ring is 1. The maximum absolute atomic E-state index is 15.6. The van der Waals surface area contributed by atoms with Crippen LogP contribution in [0.25, 0.3) is 22.3 Å². The highest BCUT2D eigenvalue weighted by molar-refractivity contribution is 5.99. The number of nitriles is 1. The first kappa shape index (κ1) is 34.0. The minimum absolute atomic E-state index is 0.148. The van der Waals surface area contributed by atoms with E-state index < -0.39 is 5.82 Å². The minimum Gasteiger partial charge on any atom is -0.457 e. The van der Waals surface area contributed by atoms with Gasteiger partial charge < -0.3 is 15.4 Å². The van der Waals surface area contributed by atoms with Crippen molar-refractivity contribution in [1.82, 2.24) is 34.4 Å². The normalized spacial score (nSPS) is 17.9. The van der Waals surface area contributed by atoms with E-state index in [2.05, 4.69) is 53.5 Å². The zero-order chi connectivity index (χ0) is 34.7. The third-order valence-electron chi connectivity index (χ3n) is 9.41. The number of rotatable bonds is 10. The van der Waals surface area contributed by atoms with Gasteiger partial charge in [-0.05, 0) is 56.4 Å². The van der Waals surface area contributed by atoms with Crippen molar-refractivity contribution in [2.24, 2.45) is 5.41 Å². The first-order chi connectivity index (χ1) is 23.5. The van der Waals surface area contributed by atoms with E-state index in [9.17, 15) is 10.1 Å². The van der Waals surface area contributed by atoms with Gasteiger partial charge in [0.15, 0.2) is 5.65 Å². The Labute approximate surface area is 286 Å². The van der Waals surface area contributed by atoms with Gasteiger partial charge >= 0.3 is 0 Å². The van der Waals surface area contributed by atoms with E-state index in [1.54, 1.807) is 33.8 Å². The molecular formula is C37H44FN9O2. The number of ether oxygens (including phenoxy) is 1. The Morgan fingerprint density at radius 1 is 1.10 bits per heavy atom. The van der Waals surface area contributed by atoms with Crippen LogP contribution in [-0.4, -0.2) is 91.7 Å². The smallest absolute Gasteiger partial charge is 0.264 e. The Kier molecular flexibility index (Phi) is 9.94. The average molecular weight is 666 g/mol. The Morgan fingerprint density at radius 2 is 1.86 bits per heavy atom. The number of piperazine rings is 1. The molecule has 0 aliphatic carbocycles. The number of carbonyl (C=O) groups excluding carboxylic acids is 1. The number of hydrogen-bond acceptors (Lipinski definition) is 9. The molecule has 2 aromatic carbocycles. The second kappa shape index (κ2) is 14.3. The number of anilines is 1. The summed E-state index contributed by atoms with van der Waals surface area (Å²) >= 11 is 0. The molecule has 2 saturated heterocycles. The molecule has 0 spiro atoms. The molecule has 2 N–H and O–H groups in total. The summed E-state index contributed by atoms with van der Waals surface area (Å²) in [7, 11) is 0. The monoisotopic (exact) mass is 665 g/mol. The van der Waals surface area contributed by atoms with Crippen molar-refractivity contribution in [3.8, 4) is 28.8 Å². The first-order valence-electron chi connectivity index (χ1n) is 16.9. The van der Waals surface area contributed by atoms with Gasteiger partial charge in [-0.2, -0.15) is 10.4 Å². The quantitative estimate of drug-likeness (QED) is 0.172. The van der Waals surface area contributed by atoms with Crippen LogP contribution in [-0.2, 0) is 11.3 Å². The summed E-state index contributed by atoms with van der Waals surface area (Å²) < 4.78 is 23.1. The number of halogens is 1. The summed E-state index contributed by atoms with van der Waals surface area (Å²) in [4.78, 5) is 29.2. The molecule has 1 atom stereocenters. The highest BCUT2D eigenvalue weighted by atomic mass is 19.1. The lowest BCUT2D eigenvalue weighted by atomic mass is 9.89. The fourth-order valence-electron chi connectivity index (χ4n) is 6.96. The molecule has 2 aromatic heterocycles. The Balaban J connectivity index is 1.21. The number of nitrogens with zero attached hydrogens (tertiary/aromatic N) is 8. The second-order valence-electron chi connectivity index (χ2n) is 13.9. The van der Waals surface area contributed by atoms with Crippen LogP contribution < -0.4 is 10.5 Å². The van der Waals surface area contributed by atoms with Crippen molar-refractivity contribution in [3.63, 3.8) is 0 Å². The average Bonchev–Trinajstić information content (AvgIpc) is 3.69. The van der Waals surface area contributed by atoms with Crippen LogP contribution >= 0.6 is 0 Å². The number of nitrogens with two attached hydrogens (primary N) is 1. The van der Waals surface area contributed by atoms with Gasteiger partial charge in [-0.15, -0.1) is 0 Å². The number of amides is 1. The lowest BCUT2D eigenvalue weighted by molar-refractivity contribution is -0.127. The van der Waals surface area contributed by atoms with Gasteiger partial charge in [0.05, 0.1) is 18.0 Å². The lowest BCUT2D eigenvalue weighted by Crippen LogP contribution is -2.50. The van der Waals surface area contributed by atoms with Crippen LogP contribution in [0.15, 0.2) is 66.5 Å². The molecular weight excluding hydrogens is 621 g/mol. The number of likely N-dealkylation sites (tertiary alicyclic amines) is 1. The van der Waals surface area contributed by atoms with E-state index in [1.165, 1.54) is 12.4 Å². The van der Waals surface area contributed by atoms with Crippen LogP contribution in [0.3, 0.4) is 0 Å². The molecule has 6 rings (SSSR count). The molecule has 0 unspecified atom stereocenters. The number of carbonyl (C=O) groups is 1. The molecule has 4 heterocycles. The molecule has 49 heavy (non-hydrogen) atoms. The van der Waals surface area contributed by atoms with Crippen LogP contribution in [0.5, 0.6) is 11.5 Å². The Morgan fingerprint density at radius 3 is 2.55 bits per heavy atom. The van der Waals surface area contributed by atoms with Gasteiger partial charge in [0.2, 0.25) is 0 Å². The van der Waals surface area contributed by atoms with E-state index >= 15 is 4.39 Å². The minimum atomic E-state index is -0.533. The van der Waals surface area contributed by atoms with Crippen LogP contribution in [0, 0.1) is 22.6 Å². The molecule has 2 aliphatic heterocycles. The summed E-state index contributed by atoms with van der Waals surface area (Å²) in [5, 5.41) is 15.4. The van der Waals surface area contributed by atoms with Crippen molar-refractivity contribution in [1.29, 1.82) is 5.26 Å². The SMILES string of the molecule is CC(C)N1CCN(CC(C)(C)/C=C(\C#N)C(=O)N2CCC[C@@H]2Cn2nc(-c3ccc(Oc4ccccc4)cc3F)c3c(N)ncnc32)CC1. The number of aromatic nitrogens is 4. The molecule has 256 valence electrons. The molecule has 0 radical (unpaired) electrons. The zero-order valence-corrected chi connectivity index (χ0v) is 28.6. The van der Waals surface area contributed by atoms with Crippen molar-refractivity contribution >= 4 is 22.8 Å². The predicted octanol–water partition coefficient (Wildman–Crippen LogP) is 5.50. The molecule has 2 fully saturated rings. The summed E-state index contributed by atoms with van der Waals surface area (Å²) in [5.74, 6) is 0.300. The van der Waals surface area contributed by atoms with E-state index in [0.717, 1.165) is 45.6 Å². The highest BCUT2D eigenvalue weighted by Crippen LogP contribution is 2.35. The summed E-state index contributed by atoms with van der Waals surface area (Å²) in [6, 6.07) is 16.2. The molecule has 2 aliphatic rings. The Bertz CT molecular complexity index is 1870. The largest absolute Gasteiger partial charge is 0.457 e. The summed E-state index contributed by atoms with van der Waals surface area (Å²) in [5.41, 5.74) is 7.07. The fourth-order valence-corrected chi connectivity index (χ4v) is 6.96. The number of fused-ring (bicyclic) bond motifs is 1. The number of benzene rings is 2. The van der Waals surface area contributed by atoms with Gasteiger partial charge in [-0.1, -0.05) is 38.1 Å². The standard InChI is InChI=1S/C37H44FN9O2/c1-25(2)45-17-15-44(16-18-45)23-37(3,4)20-26(21-39)36(48)46-14-8-9-27(46)22-47-35-32(34(40)41-24-42-35)33(43-47)30-13-12-29(19-31(30)38)49-28-10-6-5-7-11-28/h5-7,10-13,19-20,24-25,27H,8-9,14-18,22-23H2,1-4H3,(H2,40,41,42)/b26-20+/t27-/m1/s1. The topological polar surface area (TPSA) is 129 Å². The first-order valence-corrected chi connectivity index (χ1v) is 16.9. The van der Waals surface area contributed by atoms with Crippen molar-refractivity contribution in [2.45, 2.75) is 59.2 Å². The number of para-hydroxylation sites is 1. The molecule has 1 amide bonds. The molecule has 4 aromatic rings. The van der Waals surface area contributed by atoms with Crippen LogP contribution in [0.2, 0.25) is 0 Å². The van der Waals surface area contributed by atoms with E-state index in [-0.39, 0.29) is 34.3 Å². The van der Waals surface area contributed by atoms with Gasteiger partial charge in [0.1, 0.15) is 46.8 Å². The third kappa shape index (κ3) is 7.58. The molecule has 0 bridgehead atoms. The van der Waals surface area contributed by atoms with Gasteiger partial charge in [0.25, 0.3) is 5.91 Å². The van der Waals surface area contributed by atoms with E-state index in [0.29, 0.717) is 47.4 Å². The second-order valence-corrected chi connectivity index (χ2v) is 13.9. The van der Waals surface area contributed by atoms with Crippen LogP contribution in [0.4, 0.5) is 10.2 Å². The molecule has 0 saturated carbocycles. The van der Waals surface area contributed by atoms with Gasteiger partial charge in [-0.25, -0.2) is 19.0 Å². The van der Waals surface area contributed by atoms with E-state index in [1.807, 2.05) is 24.3 Å². The summed E-state index contributed by atoms with van der Waals surface area (Å²) in [6.07, 6.45) is 4.71. The molecule has 11 nitrogen and oxygen atoms in total. The Hall–Kier alpha value is -4.86. The van der Waals surface area contributed by atoms with Gasteiger partial charge in [-0.3, -0.25) is 14.6 Å². The molecule has 12 heteroatoms. The lowest BCUT2D eigenvalue weighted by Gasteiger charge is -2.39. The van der Waals surface area contributed by atoms with Crippen molar-refractivity contribution in [2.75, 3.05) is 45.0 Å². The zero-order valence-electron chi connectivity index (χ0n) is 28.6. The summed E-state index contributed by atoms with van der Waals surface area (Å²) in [6.45, 7) is 14.1.